The lowest BCUT2D eigenvalue weighted by molar-refractivity contribution is -0.150. The highest BCUT2D eigenvalue weighted by molar-refractivity contribution is 6.31. The number of ether oxygens (including phenoxy) is 4. The third kappa shape index (κ3) is 31.3. The number of rotatable bonds is 39. The standard InChI is InChI=1S/C42H63N9O20/c43-27-5-3-26(4-6-27)37(58)48-15-14-44-35(56)24-70-22-20-68-18-16-46-32(53)11-8-29(40(62)63)50-34(55)12-9-30(41(64)65)51-36(57)25-71-23-21-69-19-17-45-31(52)10-7-28(39(60)61)49-33(54)2-1-13-47-38(59)42(66)67/h3-6,28-30H,1-2,7-25,43H2,(H,44,56)(H,45,52)(H,46,53)(H,47,59)(H,48,58)(H,49,54)(H,50,55)(H,51,57)(H,60,61)(H,62,63)(H,64,65)(H,66,67). The number of amides is 8. The molecule has 0 spiro atoms. The Morgan fingerprint density at radius 3 is 1.32 bits per heavy atom. The monoisotopic (exact) mass is 1010 g/mol. The summed E-state index contributed by atoms with van der Waals surface area (Å²) in [6, 6.07) is 1.96. The van der Waals surface area contributed by atoms with Gasteiger partial charge >= 0.3 is 29.8 Å². The summed E-state index contributed by atoms with van der Waals surface area (Å²) < 4.78 is 21.0. The summed E-state index contributed by atoms with van der Waals surface area (Å²) in [4.78, 5) is 141. The average molecular weight is 1010 g/mol. The van der Waals surface area contributed by atoms with Crippen LogP contribution in [0.25, 0.3) is 0 Å². The summed E-state index contributed by atoms with van der Waals surface area (Å²) in [7, 11) is 0. The Morgan fingerprint density at radius 2 is 0.845 bits per heavy atom. The van der Waals surface area contributed by atoms with Gasteiger partial charge in [-0.05, 0) is 49.9 Å². The van der Waals surface area contributed by atoms with Crippen LogP contribution in [0.1, 0.15) is 61.7 Å². The van der Waals surface area contributed by atoms with Gasteiger partial charge in [0.2, 0.25) is 35.4 Å². The lowest BCUT2D eigenvalue weighted by atomic mass is 10.1. The van der Waals surface area contributed by atoms with Gasteiger partial charge < -0.3 is 87.6 Å². The number of carbonyl (C=O) groups is 12. The third-order valence-electron chi connectivity index (χ3n) is 9.19. The molecular weight excluding hydrogens is 951 g/mol. The molecule has 0 aliphatic carbocycles. The van der Waals surface area contributed by atoms with E-state index in [2.05, 4.69) is 42.5 Å². The maximum absolute atomic E-state index is 12.5. The molecule has 8 amide bonds. The molecular formula is C42H63N9O20. The van der Waals surface area contributed by atoms with E-state index in [4.69, 9.17) is 29.8 Å². The van der Waals surface area contributed by atoms with Crippen molar-refractivity contribution in [1.29, 1.82) is 0 Å². The lowest BCUT2D eigenvalue weighted by Crippen LogP contribution is -2.45. The van der Waals surface area contributed by atoms with Gasteiger partial charge in [0.05, 0.1) is 39.6 Å². The zero-order valence-corrected chi connectivity index (χ0v) is 38.8. The number of hydrogen-bond acceptors (Lipinski definition) is 17. The molecule has 14 N–H and O–H groups in total. The molecule has 3 atom stereocenters. The highest BCUT2D eigenvalue weighted by Gasteiger charge is 2.25. The Bertz CT molecular complexity index is 1940. The first-order chi connectivity index (χ1) is 33.8. The number of anilines is 1. The molecule has 29 heteroatoms. The number of nitrogens with one attached hydrogen (secondary N) is 8. The molecule has 1 aromatic carbocycles. The first-order valence-electron chi connectivity index (χ1n) is 22.1. The highest BCUT2D eigenvalue weighted by atomic mass is 16.5. The van der Waals surface area contributed by atoms with Crippen LogP contribution < -0.4 is 48.3 Å². The quantitative estimate of drug-likeness (QED) is 0.0168. The van der Waals surface area contributed by atoms with Gasteiger partial charge in [-0.15, -0.1) is 0 Å². The Labute approximate surface area is 406 Å². The van der Waals surface area contributed by atoms with Gasteiger partial charge in [-0.1, -0.05) is 0 Å². The van der Waals surface area contributed by atoms with Crippen molar-refractivity contribution in [1.82, 2.24) is 42.5 Å². The zero-order chi connectivity index (χ0) is 53.0. The molecule has 0 fully saturated rings. The molecule has 0 radical (unpaired) electrons. The molecule has 396 valence electrons. The lowest BCUT2D eigenvalue weighted by Gasteiger charge is -2.17. The van der Waals surface area contributed by atoms with E-state index in [0.29, 0.717) is 11.3 Å². The molecule has 1 aromatic rings. The fourth-order valence-electron chi connectivity index (χ4n) is 5.53. The maximum atomic E-state index is 12.5. The normalized spacial score (nSPS) is 11.9. The third-order valence-corrected chi connectivity index (χ3v) is 9.19. The molecule has 0 aliphatic heterocycles. The predicted molar refractivity (Wildman–Crippen MR) is 242 cm³/mol. The van der Waals surface area contributed by atoms with Crippen LogP contribution in [-0.4, -0.2) is 195 Å². The fraction of sp³-hybridized carbons (Fsp3) is 0.571. The van der Waals surface area contributed by atoms with Crippen molar-refractivity contribution in [3.05, 3.63) is 29.8 Å². The van der Waals surface area contributed by atoms with Crippen LogP contribution in [0, 0.1) is 0 Å². The number of carbonyl (C=O) groups excluding carboxylic acids is 8. The molecule has 0 saturated heterocycles. The van der Waals surface area contributed by atoms with Gasteiger partial charge in [0.1, 0.15) is 31.3 Å². The summed E-state index contributed by atoms with van der Waals surface area (Å²) in [5.74, 6) is -11.4. The van der Waals surface area contributed by atoms with E-state index in [1.807, 2.05) is 0 Å². The Hall–Kier alpha value is -7.50. The Balaban J connectivity index is 2.17. The van der Waals surface area contributed by atoms with Gasteiger partial charge in [-0.3, -0.25) is 38.4 Å². The topological polar surface area (TPSA) is 445 Å². The van der Waals surface area contributed by atoms with Crippen LogP contribution in [0.3, 0.4) is 0 Å². The van der Waals surface area contributed by atoms with Gasteiger partial charge in [-0.2, -0.15) is 0 Å². The van der Waals surface area contributed by atoms with E-state index in [1.165, 1.54) is 0 Å². The van der Waals surface area contributed by atoms with Crippen molar-refractivity contribution in [3.8, 4) is 0 Å². The molecule has 0 aromatic heterocycles. The number of nitrogen functional groups attached to an aromatic ring is 1. The number of nitrogens with two attached hydrogens (primary N) is 1. The van der Waals surface area contributed by atoms with E-state index in [1.54, 1.807) is 24.3 Å². The number of benzene rings is 1. The minimum atomic E-state index is -1.69. The van der Waals surface area contributed by atoms with E-state index in [-0.39, 0.29) is 123 Å². The van der Waals surface area contributed by atoms with Gasteiger partial charge in [0.25, 0.3) is 5.91 Å². The summed E-state index contributed by atoms with van der Waals surface area (Å²) in [5, 5.41) is 55.9. The Kier molecular flexibility index (Phi) is 31.6. The van der Waals surface area contributed by atoms with Crippen LogP contribution in [0.5, 0.6) is 0 Å². The number of carboxylic acids is 4. The molecule has 71 heavy (non-hydrogen) atoms. The fourth-order valence-corrected chi connectivity index (χ4v) is 5.53. The van der Waals surface area contributed by atoms with Crippen molar-refractivity contribution < 1.29 is 96.9 Å². The molecule has 0 heterocycles. The van der Waals surface area contributed by atoms with Crippen LogP contribution >= 0.6 is 0 Å². The van der Waals surface area contributed by atoms with Crippen molar-refractivity contribution in [2.75, 3.05) is 91.3 Å². The summed E-state index contributed by atoms with van der Waals surface area (Å²) in [6.45, 7) is -0.402. The molecule has 29 nitrogen and oxygen atoms in total. The largest absolute Gasteiger partial charge is 0.480 e. The van der Waals surface area contributed by atoms with Crippen LogP contribution in [-0.2, 0) is 71.7 Å². The summed E-state index contributed by atoms with van der Waals surface area (Å²) in [5.41, 5.74) is 6.55. The van der Waals surface area contributed by atoms with Crippen LogP contribution in [0.2, 0.25) is 0 Å². The number of hydrogen-bond donors (Lipinski definition) is 13. The first kappa shape index (κ1) is 61.5. The minimum Gasteiger partial charge on any atom is -0.480 e. The van der Waals surface area contributed by atoms with E-state index in [0.717, 1.165) is 0 Å². The second-order valence-corrected chi connectivity index (χ2v) is 14.9. The maximum Gasteiger partial charge on any atom is 0.394 e. The van der Waals surface area contributed by atoms with Crippen molar-refractivity contribution in [2.45, 2.75) is 69.5 Å². The molecule has 0 bridgehead atoms. The van der Waals surface area contributed by atoms with Crippen molar-refractivity contribution in [2.24, 2.45) is 0 Å². The molecule has 0 aliphatic rings. The summed E-state index contributed by atoms with van der Waals surface area (Å²) in [6.07, 6.45) is -2.14. The predicted octanol–water partition coefficient (Wildman–Crippen LogP) is -4.56. The second-order valence-electron chi connectivity index (χ2n) is 14.9. The van der Waals surface area contributed by atoms with E-state index in [9.17, 15) is 72.9 Å². The Morgan fingerprint density at radius 1 is 0.437 bits per heavy atom. The van der Waals surface area contributed by atoms with Gasteiger partial charge in [0.15, 0.2) is 0 Å². The molecule has 1 rings (SSSR count). The van der Waals surface area contributed by atoms with Gasteiger partial charge in [-0.25, -0.2) is 19.2 Å². The number of carboxylic acid groups (broad SMARTS) is 4. The average Bonchev–Trinajstić information content (AvgIpc) is 3.31. The van der Waals surface area contributed by atoms with E-state index < -0.39 is 103 Å². The van der Waals surface area contributed by atoms with E-state index >= 15 is 0 Å². The van der Waals surface area contributed by atoms with Crippen molar-refractivity contribution >= 4 is 76.8 Å². The summed E-state index contributed by atoms with van der Waals surface area (Å²) >= 11 is 0. The number of aliphatic carboxylic acids is 4. The van der Waals surface area contributed by atoms with Crippen LogP contribution in [0.15, 0.2) is 24.3 Å². The second kappa shape index (κ2) is 36.5. The van der Waals surface area contributed by atoms with Gasteiger partial charge in [0, 0.05) is 69.7 Å². The van der Waals surface area contributed by atoms with Crippen LogP contribution in [0.4, 0.5) is 5.69 Å². The molecule has 3 unspecified atom stereocenters. The smallest absolute Gasteiger partial charge is 0.394 e. The minimum absolute atomic E-state index is 0.00215. The highest BCUT2D eigenvalue weighted by Crippen LogP contribution is 2.06. The molecule has 0 saturated carbocycles. The van der Waals surface area contributed by atoms with Crippen molar-refractivity contribution in [3.63, 3.8) is 0 Å². The SMILES string of the molecule is Nc1ccc(C(=O)NCCNC(=O)COCCOCCNC(=O)CCC(NC(=O)CCC(NC(=O)COCCOCCNC(=O)CCC(NC(=O)CCCNC(=O)C(=O)O)C(=O)O)C(=O)O)C(=O)O)cc1. The first-order valence-corrected chi connectivity index (χ1v) is 22.1. The zero-order valence-electron chi connectivity index (χ0n) is 38.8.